The molecule has 1 atom stereocenters. The van der Waals surface area contributed by atoms with E-state index in [0.29, 0.717) is 18.1 Å². The van der Waals surface area contributed by atoms with Crippen molar-refractivity contribution in [3.8, 4) is 11.8 Å². The number of nitriles is 1. The second-order valence-electron chi connectivity index (χ2n) is 5.80. The molecule has 0 saturated carbocycles. The van der Waals surface area contributed by atoms with Gasteiger partial charge < -0.3 is 14.2 Å². The highest BCUT2D eigenvalue weighted by molar-refractivity contribution is 5.34. The van der Waals surface area contributed by atoms with Crippen LogP contribution in [0.25, 0.3) is 0 Å². The third-order valence-corrected chi connectivity index (χ3v) is 4.23. The Hall–Kier alpha value is -1.61. The van der Waals surface area contributed by atoms with Crippen LogP contribution in [0.3, 0.4) is 0 Å². The van der Waals surface area contributed by atoms with Crippen LogP contribution in [-0.4, -0.2) is 50.6 Å². The average molecular weight is 302 g/mol. The van der Waals surface area contributed by atoms with Crippen molar-refractivity contribution in [2.45, 2.75) is 19.1 Å². The Kier molecular flexibility index (Phi) is 5.28. The van der Waals surface area contributed by atoms with Gasteiger partial charge in [0.05, 0.1) is 24.8 Å². The third-order valence-electron chi connectivity index (χ3n) is 4.23. The fraction of sp³-hybridized carbons (Fsp3) is 0.588. The van der Waals surface area contributed by atoms with Crippen LogP contribution in [0.4, 0.5) is 0 Å². The summed E-state index contributed by atoms with van der Waals surface area (Å²) in [4.78, 5) is 2.42. The minimum atomic E-state index is -0.0118. The molecule has 1 aromatic rings. The first-order valence-electron chi connectivity index (χ1n) is 7.94. The number of likely N-dealkylation sites (tertiary alicyclic amines) is 1. The van der Waals surface area contributed by atoms with E-state index in [4.69, 9.17) is 19.5 Å². The third kappa shape index (κ3) is 3.98. The van der Waals surface area contributed by atoms with Crippen molar-refractivity contribution in [2.75, 3.05) is 39.5 Å². The van der Waals surface area contributed by atoms with E-state index < -0.39 is 0 Å². The SMILES string of the molecule is N#Cc1ccc(OCCN2CCC[C@@H](C3OCCO3)C2)cc1. The summed E-state index contributed by atoms with van der Waals surface area (Å²) in [5, 5.41) is 8.77. The van der Waals surface area contributed by atoms with Gasteiger partial charge in [-0.25, -0.2) is 0 Å². The van der Waals surface area contributed by atoms with Gasteiger partial charge in [0, 0.05) is 19.0 Å². The fourth-order valence-electron chi connectivity index (χ4n) is 3.08. The predicted molar refractivity (Wildman–Crippen MR) is 81.5 cm³/mol. The zero-order valence-electron chi connectivity index (χ0n) is 12.7. The van der Waals surface area contributed by atoms with Gasteiger partial charge in [-0.3, -0.25) is 4.90 Å². The van der Waals surface area contributed by atoms with Crippen LogP contribution in [0.5, 0.6) is 5.75 Å². The molecule has 0 amide bonds. The van der Waals surface area contributed by atoms with Crippen LogP contribution in [0, 0.1) is 17.2 Å². The number of nitrogens with zero attached hydrogens (tertiary/aromatic N) is 2. The molecule has 2 aliphatic rings. The molecular formula is C17H22N2O3. The van der Waals surface area contributed by atoms with Crippen molar-refractivity contribution in [1.29, 1.82) is 5.26 Å². The molecule has 0 aromatic heterocycles. The lowest BCUT2D eigenvalue weighted by molar-refractivity contribution is -0.100. The molecule has 0 radical (unpaired) electrons. The minimum Gasteiger partial charge on any atom is -0.492 e. The van der Waals surface area contributed by atoms with Crippen LogP contribution in [0.2, 0.25) is 0 Å². The van der Waals surface area contributed by atoms with Crippen molar-refractivity contribution < 1.29 is 14.2 Å². The second-order valence-corrected chi connectivity index (χ2v) is 5.80. The predicted octanol–water partition coefficient (Wildman–Crippen LogP) is 2.02. The average Bonchev–Trinajstić information content (AvgIpc) is 3.10. The molecule has 3 rings (SSSR count). The van der Waals surface area contributed by atoms with E-state index in [-0.39, 0.29) is 6.29 Å². The molecule has 1 aromatic carbocycles. The van der Waals surface area contributed by atoms with Crippen LogP contribution in [-0.2, 0) is 9.47 Å². The summed E-state index contributed by atoms with van der Waals surface area (Å²) >= 11 is 0. The quantitative estimate of drug-likeness (QED) is 0.833. The van der Waals surface area contributed by atoms with Crippen molar-refractivity contribution in [3.63, 3.8) is 0 Å². The molecule has 0 unspecified atom stereocenters. The molecule has 0 N–H and O–H groups in total. The maximum absolute atomic E-state index is 8.77. The zero-order chi connectivity index (χ0) is 15.2. The highest BCUT2D eigenvalue weighted by Gasteiger charge is 2.30. The first-order valence-corrected chi connectivity index (χ1v) is 7.94. The van der Waals surface area contributed by atoms with Gasteiger partial charge in [-0.05, 0) is 43.7 Å². The van der Waals surface area contributed by atoms with Crippen molar-refractivity contribution in [1.82, 2.24) is 4.90 Å². The Morgan fingerprint density at radius 2 is 2.00 bits per heavy atom. The van der Waals surface area contributed by atoms with Gasteiger partial charge >= 0.3 is 0 Å². The Balaban J connectivity index is 1.41. The number of benzene rings is 1. The van der Waals surface area contributed by atoms with Gasteiger partial charge in [-0.15, -0.1) is 0 Å². The topological polar surface area (TPSA) is 54.7 Å². The minimum absolute atomic E-state index is 0.0118. The Morgan fingerprint density at radius 3 is 2.73 bits per heavy atom. The first kappa shape index (κ1) is 15.3. The summed E-state index contributed by atoms with van der Waals surface area (Å²) in [6.45, 7) is 5.14. The molecule has 2 aliphatic heterocycles. The molecule has 5 nitrogen and oxygen atoms in total. The van der Waals surface area contributed by atoms with E-state index in [2.05, 4.69) is 11.0 Å². The van der Waals surface area contributed by atoms with Crippen molar-refractivity contribution in [2.24, 2.45) is 5.92 Å². The lowest BCUT2D eigenvalue weighted by Crippen LogP contribution is -2.42. The summed E-state index contributed by atoms with van der Waals surface area (Å²) in [7, 11) is 0. The van der Waals surface area contributed by atoms with E-state index in [0.717, 1.165) is 38.6 Å². The van der Waals surface area contributed by atoms with Gasteiger partial charge in [-0.1, -0.05) is 0 Å². The lowest BCUT2D eigenvalue weighted by atomic mass is 9.97. The Bertz CT molecular complexity index is 506. The van der Waals surface area contributed by atoms with E-state index in [9.17, 15) is 0 Å². The number of hydrogen-bond acceptors (Lipinski definition) is 5. The highest BCUT2D eigenvalue weighted by Crippen LogP contribution is 2.24. The van der Waals surface area contributed by atoms with Crippen LogP contribution < -0.4 is 4.74 Å². The maximum Gasteiger partial charge on any atom is 0.161 e. The smallest absolute Gasteiger partial charge is 0.161 e. The molecule has 5 heteroatoms. The second kappa shape index (κ2) is 7.59. The van der Waals surface area contributed by atoms with Gasteiger partial charge in [0.25, 0.3) is 0 Å². The largest absolute Gasteiger partial charge is 0.492 e. The van der Waals surface area contributed by atoms with Crippen molar-refractivity contribution >= 4 is 0 Å². The normalized spacial score (nSPS) is 23.3. The lowest BCUT2D eigenvalue weighted by Gasteiger charge is -2.34. The van der Waals surface area contributed by atoms with Gasteiger partial charge in [-0.2, -0.15) is 5.26 Å². The standard InChI is InChI=1S/C17H22N2O3/c18-12-14-3-5-16(6-4-14)20-9-8-19-7-1-2-15(13-19)17-21-10-11-22-17/h3-6,15,17H,1-2,7-11,13H2/t15-/m1/s1. The highest BCUT2D eigenvalue weighted by atomic mass is 16.7. The van der Waals surface area contributed by atoms with E-state index in [1.165, 1.54) is 12.8 Å². The first-order chi connectivity index (χ1) is 10.8. The van der Waals surface area contributed by atoms with E-state index >= 15 is 0 Å². The van der Waals surface area contributed by atoms with Gasteiger partial charge in [0.2, 0.25) is 0 Å². The molecular weight excluding hydrogens is 280 g/mol. The summed E-state index contributed by atoms with van der Waals surface area (Å²) in [6.07, 6.45) is 2.35. The Labute approximate surface area is 131 Å². The molecule has 22 heavy (non-hydrogen) atoms. The number of ether oxygens (including phenoxy) is 3. The summed E-state index contributed by atoms with van der Waals surface area (Å²) in [6, 6.07) is 9.35. The van der Waals surface area contributed by atoms with Crippen LogP contribution in [0.15, 0.2) is 24.3 Å². The molecule has 0 spiro atoms. The molecule has 118 valence electrons. The molecule has 2 heterocycles. The monoisotopic (exact) mass is 302 g/mol. The molecule has 0 bridgehead atoms. The Morgan fingerprint density at radius 1 is 1.23 bits per heavy atom. The number of rotatable bonds is 5. The maximum atomic E-state index is 8.77. The fourth-order valence-corrected chi connectivity index (χ4v) is 3.08. The van der Waals surface area contributed by atoms with Crippen molar-refractivity contribution in [3.05, 3.63) is 29.8 Å². The van der Waals surface area contributed by atoms with Gasteiger partial charge in [0.15, 0.2) is 6.29 Å². The van der Waals surface area contributed by atoms with E-state index in [1.807, 2.05) is 12.1 Å². The summed E-state index contributed by atoms with van der Waals surface area (Å²) in [5.41, 5.74) is 0.655. The molecule has 0 aliphatic carbocycles. The van der Waals surface area contributed by atoms with Gasteiger partial charge in [0.1, 0.15) is 12.4 Å². The molecule has 2 saturated heterocycles. The number of piperidine rings is 1. The van der Waals surface area contributed by atoms with E-state index in [1.54, 1.807) is 12.1 Å². The molecule has 2 fully saturated rings. The van der Waals surface area contributed by atoms with Crippen LogP contribution >= 0.6 is 0 Å². The van der Waals surface area contributed by atoms with Crippen LogP contribution in [0.1, 0.15) is 18.4 Å². The summed E-state index contributed by atoms with van der Waals surface area (Å²) in [5.74, 6) is 1.29. The zero-order valence-corrected chi connectivity index (χ0v) is 12.7. The summed E-state index contributed by atoms with van der Waals surface area (Å²) < 4.78 is 17.0. The number of hydrogen-bond donors (Lipinski definition) is 0.